The first-order valence-electron chi connectivity index (χ1n) is 11.4. The molecule has 2 amide bonds. The van der Waals surface area contributed by atoms with Crippen molar-refractivity contribution in [1.29, 1.82) is 0 Å². The average molecular weight is 430 g/mol. The SMILES string of the molecule is CCNC(=NCc1cccc(C(=O)NC(C)CC)c1)NCC1(C(=O)N(C)C)CCCC1. The van der Waals surface area contributed by atoms with Gasteiger partial charge in [0.1, 0.15) is 0 Å². The summed E-state index contributed by atoms with van der Waals surface area (Å²) in [5.41, 5.74) is 1.26. The van der Waals surface area contributed by atoms with Gasteiger partial charge < -0.3 is 20.9 Å². The molecule has 0 radical (unpaired) electrons. The summed E-state index contributed by atoms with van der Waals surface area (Å²) in [5, 5.41) is 9.66. The van der Waals surface area contributed by atoms with Crippen LogP contribution >= 0.6 is 0 Å². The molecule has 1 aliphatic rings. The number of rotatable bonds is 9. The minimum absolute atomic E-state index is 0.0596. The van der Waals surface area contributed by atoms with E-state index in [1.807, 2.05) is 59.1 Å². The first-order valence-corrected chi connectivity index (χ1v) is 11.4. The molecule has 7 heteroatoms. The molecule has 1 unspecified atom stereocenters. The van der Waals surface area contributed by atoms with Gasteiger partial charge in [-0.2, -0.15) is 0 Å². The van der Waals surface area contributed by atoms with Crippen LogP contribution in [0.3, 0.4) is 0 Å². The average Bonchev–Trinajstić information content (AvgIpc) is 3.25. The maximum atomic E-state index is 12.8. The fourth-order valence-electron chi connectivity index (χ4n) is 3.98. The number of hydrogen-bond acceptors (Lipinski definition) is 3. The van der Waals surface area contributed by atoms with Crippen LogP contribution in [0.5, 0.6) is 0 Å². The largest absolute Gasteiger partial charge is 0.357 e. The fraction of sp³-hybridized carbons (Fsp3) is 0.625. The molecule has 0 heterocycles. The number of amides is 2. The lowest BCUT2D eigenvalue weighted by Gasteiger charge is -2.31. The standard InChI is InChI=1S/C24H39N5O2/c1-6-18(3)28-21(30)20-12-10-11-19(15-20)16-26-23(25-7-2)27-17-24(13-8-9-14-24)22(31)29(4)5/h10-12,15,18H,6-9,13-14,16-17H2,1-5H3,(H,28,30)(H2,25,26,27). The molecule has 1 aromatic rings. The molecule has 0 aromatic heterocycles. The Labute approximate surface area is 187 Å². The van der Waals surface area contributed by atoms with Gasteiger partial charge in [0.2, 0.25) is 5.91 Å². The van der Waals surface area contributed by atoms with Crippen LogP contribution in [-0.2, 0) is 11.3 Å². The highest BCUT2D eigenvalue weighted by Gasteiger charge is 2.42. The maximum Gasteiger partial charge on any atom is 0.251 e. The van der Waals surface area contributed by atoms with Crippen molar-refractivity contribution in [2.45, 2.75) is 65.5 Å². The van der Waals surface area contributed by atoms with Crippen molar-refractivity contribution in [3.05, 3.63) is 35.4 Å². The highest BCUT2D eigenvalue weighted by atomic mass is 16.2. The van der Waals surface area contributed by atoms with E-state index in [1.54, 1.807) is 4.90 Å². The number of carbonyl (C=O) groups is 2. The summed E-state index contributed by atoms with van der Waals surface area (Å²) in [6.07, 6.45) is 4.87. The van der Waals surface area contributed by atoms with E-state index in [2.05, 4.69) is 16.0 Å². The lowest BCUT2D eigenvalue weighted by molar-refractivity contribution is -0.138. The van der Waals surface area contributed by atoms with Gasteiger partial charge in [-0.25, -0.2) is 4.99 Å². The minimum Gasteiger partial charge on any atom is -0.357 e. The van der Waals surface area contributed by atoms with Gasteiger partial charge in [0, 0.05) is 38.8 Å². The summed E-state index contributed by atoms with van der Waals surface area (Å²) in [5.74, 6) is 0.818. The van der Waals surface area contributed by atoms with Crippen LogP contribution in [0.25, 0.3) is 0 Å². The van der Waals surface area contributed by atoms with Crippen LogP contribution in [0.4, 0.5) is 0 Å². The molecule has 0 spiro atoms. The molecular weight excluding hydrogens is 390 g/mol. The van der Waals surface area contributed by atoms with Gasteiger partial charge in [-0.1, -0.05) is 31.9 Å². The van der Waals surface area contributed by atoms with E-state index in [4.69, 9.17) is 4.99 Å². The monoisotopic (exact) mass is 429 g/mol. The Hall–Kier alpha value is -2.57. The summed E-state index contributed by atoms with van der Waals surface area (Å²) >= 11 is 0. The Kier molecular flexibility index (Phi) is 9.34. The first kappa shape index (κ1) is 24.7. The molecule has 7 nitrogen and oxygen atoms in total. The molecule has 0 aliphatic heterocycles. The van der Waals surface area contributed by atoms with Crippen LogP contribution in [0, 0.1) is 5.41 Å². The van der Waals surface area contributed by atoms with Crippen LogP contribution < -0.4 is 16.0 Å². The van der Waals surface area contributed by atoms with E-state index < -0.39 is 0 Å². The quantitative estimate of drug-likeness (QED) is 0.416. The molecule has 1 fully saturated rings. The van der Waals surface area contributed by atoms with E-state index in [0.29, 0.717) is 24.6 Å². The predicted octanol–water partition coefficient (Wildman–Crippen LogP) is 2.92. The Morgan fingerprint density at radius 3 is 2.48 bits per heavy atom. The molecule has 1 atom stereocenters. The third-order valence-corrected chi connectivity index (χ3v) is 5.96. The number of aliphatic imine (C=N–C) groups is 1. The minimum atomic E-state index is -0.354. The summed E-state index contributed by atoms with van der Waals surface area (Å²) in [4.78, 5) is 31.6. The zero-order valence-electron chi connectivity index (χ0n) is 19.8. The number of guanidine groups is 1. The third kappa shape index (κ3) is 6.97. The number of hydrogen-bond donors (Lipinski definition) is 3. The Bertz CT molecular complexity index is 769. The molecule has 1 aliphatic carbocycles. The fourth-order valence-corrected chi connectivity index (χ4v) is 3.98. The Morgan fingerprint density at radius 2 is 1.87 bits per heavy atom. The van der Waals surface area contributed by atoms with Gasteiger partial charge in [0.05, 0.1) is 12.0 Å². The van der Waals surface area contributed by atoms with E-state index in [-0.39, 0.29) is 23.3 Å². The number of benzene rings is 1. The van der Waals surface area contributed by atoms with E-state index >= 15 is 0 Å². The van der Waals surface area contributed by atoms with E-state index in [0.717, 1.165) is 44.2 Å². The second-order valence-electron chi connectivity index (χ2n) is 8.72. The van der Waals surface area contributed by atoms with Crippen LogP contribution in [-0.4, -0.2) is 55.9 Å². The van der Waals surface area contributed by atoms with Gasteiger partial charge in [0.25, 0.3) is 5.91 Å². The molecule has 0 bridgehead atoms. The first-order chi connectivity index (χ1) is 14.8. The highest BCUT2D eigenvalue weighted by molar-refractivity contribution is 5.94. The molecule has 3 N–H and O–H groups in total. The van der Waals surface area contributed by atoms with Crippen molar-refractivity contribution in [3.8, 4) is 0 Å². The van der Waals surface area contributed by atoms with Crippen LogP contribution in [0.15, 0.2) is 29.3 Å². The lowest BCUT2D eigenvalue weighted by Crippen LogP contribution is -2.49. The second kappa shape index (κ2) is 11.7. The van der Waals surface area contributed by atoms with E-state index in [1.165, 1.54) is 0 Å². The molecule has 31 heavy (non-hydrogen) atoms. The second-order valence-corrected chi connectivity index (χ2v) is 8.72. The van der Waals surface area contributed by atoms with Gasteiger partial charge in [-0.3, -0.25) is 9.59 Å². The topological polar surface area (TPSA) is 85.8 Å². The number of nitrogens with zero attached hydrogens (tertiary/aromatic N) is 2. The zero-order chi connectivity index (χ0) is 22.9. The zero-order valence-corrected chi connectivity index (χ0v) is 19.8. The molecule has 172 valence electrons. The van der Waals surface area contributed by atoms with Gasteiger partial charge >= 0.3 is 0 Å². The summed E-state index contributed by atoms with van der Waals surface area (Å²) in [6, 6.07) is 7.72. The van der Waals surface area contributed by atoms with Crippen molar-refractivity contribution in [3.63, 3.8) is 0 Å². The Balaban J connectivity index is 2.06. The predicted molar refractivity (Wildman–Crippen MR) is 126 cm³/mol. The smallest absolute Gasteiger partial charge is 0.251 e. The molecule has 1 saturated carbocycles. The van der Waals surface area contributed by atoms with Crippen molar-refractivity contribution >= 4 is 17.8 Å². The summed E-state index contributed by atoms with van der Waals surface area (Å²) < 4.78 is 0. The highest BCUT2D eigenvalue weighted by Crippen LogP contribution is 2.38. The number of nitrogens with one attached hydrogen (secondary N) is 3. The van der Waals surface area contributed by atoms with Gasteiger partial charge in [-0.05, 0) is 50.8 Å². The molecule has 0 saturated heterocycles. The molecule has 2 rings (SSSR count). The number of carbonyl (C=O) groups excluding carboxylic acids is 2. The molecular formula is C24H39N5O2. The van der Waals surface area contributed by atoms with Crippen molar-refractivity contribution < 1.29 is 9.59 Å². The van der Waals surface area contributed by atoms with Crippen LogP contribution in [0.1, 0.15) is 68.8 Å². The Morgan fingerprint density at radius 1 is 1.16 bits per heavy atom. The van der Waals surface area contributed by atoms with Gasteiger partial charge in [-0.15, -0.1) is 0 Å². The van der Waals surface area contributed by atoms with Gasteiger partial charge in [0.15, 0.2) is 5.96 Å². The summed E-state index contributed by atoms with van der Waals surface area (Å²) in [6.45, 7) is 7.83. The van der Waals surface area contributed by atoms with Crippen molar-refractivity contribution in [1.82, 2.24) is 20.9 Å². The maximum absolute atomic E-state index is 12.8. The third-order valence-electron chi connectivity index (χ3n) is 5.96. The van der Waals surface area contributed by atoms with Crippen molar-refractivity contribution in [2.75, 3.05) is 27.2 Å². The van der Waals surface area contributed by atoms with Crippen molar-refractivity contribution in [2.24, 2.45) is 10.4 Å². The lowest BCUT2D eigenvalue weighted by atomic mass is 9.84. The summed E-state index contributed by atoms with van der Waals surface area (Å²) in [7, 11) is 3.65. The molecule has 1 aromatic carbocycles. The van der Waals surface area contributed by atoms with E-state index in [9.17, 15) is 9.59 Å². The normalized spacial score (nSPS) is 16.5. The van der Waals surface area contributed by atoms with Crippen LogP contribution in [0.2, 0.25) is 0 Å².